The van der Waals surface area contributed by atoms with Gasteiger partial charge in [0.2, 0.25) is 5.91 Å². The van der Waals surface area contributed by atoms with E-state index in [2.05, 4.69) is 37.2 Å². The Morgan fingerprint density at radius 2 is 2.00 bits per heavy atom. The molecule has 1 fully saturated rings. The van der Waals surface area contributed by atoms with E-state index in [1.807, 2.05) is 54.8 Å². The molecular weight excluding hydrogens is 438 g/mol. The van der Waals surface area contributed by atoms with Crippen molar-refractivity contribution in [2.24, 2.45) is 0 Å². The zero-order chi connectivity index (χ0) is 21.9. The van der Waals surface area contributed by atoms with Crippen molar-refractivity contribution in [3.8, 4) is 11.3 Å². The summed E-state index contributed by atoms with van der Waals surface area (Å²) in [5.74, 6) is 1.73. The van der Waals surface area contributed by atoms with Gasteiger partial charge in [-0.25, -0.2) is 4.98 Å². The smallest absolute Gasteiger partial charge is 0.234 e. The summed E-state index contributed by atoms with van der Waals surface area (Å²) < 4.78 is 2.16. The van der Waals surface area contributed by atoms with E-state index >= 15 is 0 Å². The first-order chi connectivity index (χ1) is 15.7. The van der Waals surface area contributed by atoms with Crippen molar-refractivity contribution in [1.82, 2.24) is 19.7 Å². The maximum Gasteiger partial charge on any atom is 0.234 e. The molecule has 1 N–H and O–H groups in total. The van der Waals surface area contributed by atoms with Crippen molar-refractivity contribution in [3.63, 3.8) is 0 Å². The van der Waals surface area contributed by atoms with E-state index in [1.165, 1.54) is 17.3 Å². The molecule has 0 aliphatic heterocycles. The molecule has 0 saturated heterocycles. The second-order valence-corrected chi connectivity index (χ2v) is 9.86. The average molecular weight is 462 g/mol. The number of carbonyl (C=O) groups excluding carboxylic acids is 1. The first kappa shape index (κ1) is 20.9. The number of nitrogens with one attached hydrogen (secondary N) is 1. The molecule has 5 rings (SSSR count). The summed E-state index contributed by atoms with van der Waals surface area (Å²) >= 11 is 3.05. The fourth-order valence-electron chi connectivity index (χ4n) is 3.54. The molecule has 32 heavy (non-hydrogen) atoms. The highest BCUT2D eigenvalue weighted by molar-refractivity contribution is 7.99. The Morgan fingerprint density at radius 3 is 2.75 bits per heavy atom. The number of aromatic nitrogens is 4. The van der Waals surface area contributed by atoms with Crippen molar-refractivity contribution in [2.75, 3.05) is 11.1 Å². The molecule has 6 nitrogen and oxygen atoms in total. The molecule has 0 bridgehead atoms. The lowest BCUT2D eigenvalue weighted by atomic mass is 10.1. The largest absolute Gasteiger partial charge is 0.325 e. The second-order valence-electron chi connectivity index (χ2n) is 7.86. The van der Waals surface area contributed by atoms with Crippen LogP contribution in [0.4, 0.5) is 5.69 Å². The number of thioether (sulfide) groups is 1. The van der Waals surface area contributed by atoms with Crippen LogP contribution in [0.1, 0.15) is 35.2 Å². The lowest BCUT2D eigenvalue weighted by Gasteiger charge is -2.10. The summed E-state index contributed by atoms with van der Waals surface area (Å²) in [6.07, 6.45) is 2.32. The molecule has 2 aromatic carbocycles. The van der Waals surface area contributed by atoms with Crippen molar-refractivity contribution < 1.29 is 4.79 Å². The molecule has 4 aromatic rings. The van der Waals surface area contributed by atoms with Crippen molar-refractivity contribution in [2.45, 2.75) is 37.4 Å². The van der Waals surface area contributed by atoms with Crippen LogP contribution in [0.3, 0.4) is 0 Å². The molecule has 2 aromatic heterocycles. The van der Waals surface area contributed by atoms with E-state index in [0.717, 1.165) is 52.3 Å². The standard InChI is InChI=1S/C24H23N5OS2/c1-16-25-21(14-31-16)19-8-5-9-20(12-19)26-22(30)15-32-24-28-27-23(18-10-11-18)29(24)13-17-6-3-2-4-7-17/h2-9,12,14,18H,10-11,13,15H2,1H3,(H,26,30). The van der Waals surface area contributed by atoms with Crippen LogP contribution < -0.4 is 5.32 Å². The first-order valence-corrected chi connectivity index (χ1v) is 12.4. The van der Waals surface area contributed by atoms with Gasteiger partial charge in [-0.15, -0.1) is 21.5 Å². The second kappa shape index (κ2) is 9.26. The summed E-state index contributed by atoms with van der Waals surface area (Å²) in [4.78, 5) is 17.2. The molecule has 1 amide bonds. The predicted octanol–water partition coefficient (Wildman–Crippen LogP) is 5.37. The third-order valence-electron chi connectivity index (χ3n) is 5.26. The zero-order valence-electron chi connectivity index (χ0n) is 17.7. The number of thiazole rings is 1. The van der Waals surface area contributed by atoms with Gasteiger partial charge in [-0.05, 0) is 37.5 Å². The molecule has 8 heteroatoms. The maximum absolute atomic E-state index is 12.7. The van der Waals surface area contributed by atoms with Crippen LogP contribution in [0.15, 0.2) is 65.1 Å². The van der Waals surface area contributed by atoms with Crippen molar-refractivity contribution in [1.29, 1.82) is 0 Å². The number of benzene rings is 2. The van der Waals surface area contributed by atoms with Gasteiger partial charge in [0.25, 0.3) is 0 Å². The van der Waals surface area contributed by atoms with Gasteiger partial charge in [-0.1, -0.05) is 54.2 Å². The summed E-state index contributed by atoms with van der Waals surface area (Å²) in [6.45, 7) is 2.71. The van der Waals surface area contributed by atoms with E-state index in [4.69, 9.17) is 0 Å². The highest BCUT2D eigenvalue weighted by Crippen LogP contribution is 2.40. The number of anilines is 1. The van der Waals surface area contributed by atoms with Gasteiger partial charge >= 0.3 is 0 Å². The fraction of sp³-hybridized carbons (Fsp3) is 0.250. The van der Waals surface area contributed by atoms with Gasteiger partial charge in [0.15, 0.2) is 5.16 Å². The van der Waals surface area contributed by atoms with E-state index in [-0.39, 0.29) is 11.7 Å². The molecule has 0 atom stereocenters. The number of nitrogens with zero attached hydrogens (tertiary/aromatic N) is 4. The highest BCUT2D eigenvalue weighted by Gasteiger charge is 2.30. The fourth-order valence-corrected chi connectivity index (χ4v) is 4.91. The molecule has 0 unspecified atom stereocenters. The van der Waals surface area contributed by atoms with E-state index in [9.17, 15) is 4.79 Å². The molecular formula is C24H23N5OS2. The van der Waals surface area contributed by atoms with Crippen LogP contribution in [0, 0.1) is 6.92 Å². The minimum atomic E-state index is -0.0659. The van der Waals surface area contributed by atoms with Crippen LogP contribution in [-0.2, 0) is 11.3 Å². The monoisotopic (exact) mass is 461 g/mol. The average Bonchev–Trinajstić information content (AvgIpc) is 3.43. The summed E-state index contributed by atoms with van der Waals surface area (Å²) in [5.41, 5.74) is 3.90. The molecule has 1 aliphatic rings. The van der Waals surface area contributed by atoms with Crippen LogP contribution >= 0.6 is 23.1 Å². The molecule has 1 aliphatic carbocycles. The highest BCUT2D eigenvalue weighted by atomic mass is 32.2. The summed E-state index contributed by atoms with van der Waals surface area (Å²) in [5, 5.41) is 15.7. The van der Waals surface area contributed by atoms with E-state index < -0.39 is 0 Å². The summed E-state index contributed by atoms with van der Waals surface area (Å²) in [7, 11) is 0. The van der Waals surface area contributed by atoms with Gasteiger partial charge < -0.3 is 9.88 Å². The normalized spacial score (nSPS) is 13.3. The number of carbonyl (C=O) groups is 1. The van der Waals surface area contributed by atoms with Crippen LogP contribution in [0.5, 0.6) is 0 Å². The maximum atomic E-state index is 12.7. The van der Waals surface area contributed by atoms with Crippen LogP contribution in [0.2, 0.25) is 0 Å². The van der Waals surface area contributed by atoms with Gasteiger partial charge in [0.1, 0.15) is 5.82 Å². The van der Waals surface area contributed by atoms with Crippen molar-refractivity contribution >= 4 is 34.7 Å². The zero-order valence-corrected chi connectivity index (χ0v) is 19.3. The Kier molecular flexibility index (Phi) is 6.05. The van der Waals surface area contributed by atoms with Gasteiger partial charge in [-0.3, -0.25) is 4.79 Å². The predicted molar refractivity (Wildman–Crippen MR) is 129 cm³/mol. The van der Waals surface area contributed by atoms with Gasteiger partial charge in [0.05, 0.1) is 23.0 Å². The molecule has 0 radical (unpaired) electrons. The Hall–Kier alpha value is -2.97. The first-order valence-electron chi connectivity index (χ1n) is 10.6. The number of aryl methyl sites for hydroxylation is 1. The Morgan fingerprint density at radius 1 is 1.16 bits per heavy atom. The van der Waals surface area contributed by atoms with Crippen molar-refractivity contribution in [3.05, 3.63) is 76.4 Å². The Labute approximate surface area is 195 Å². The lowest BCUT2D eigenvalue weighted by Crippen LogP contribution is -2.15. The van der Waals surface area contributed by atoms with Crippen LogP contribution in [0.25, 0.3) is 11.3 Å². The van der Waals surface area contributed by atoms with E-state index in [1.54, 1.807) is 11.3 Å². The summed E-state index contributed by atoms with van der Waals surface area (Å²) in [6, 6.07) is 18.1. The Bertz CT molecular complexity index is 1230. The van der Waals surface area contributed by atoms with Gasteiger partial charge in [-0.2, -0.15) is 0 Å². The third kappa shape index (κ3) is 4.92. The van der Waals surface area contributed by atoms with E-state index in [0.29, 0.717) is 5.92 Å². The number of rotatable bonds is 8. The topological polar surface area (TPSA) is 72.7 Å². The lowest BCUT2D eigenvalue weighted by molar-refractivity contribution is -0.113. The van der Waals surface area contributed by atoms with Gasteiger partial charge in [0, 0.05) is 22.5 Å². The van der Waals surface area contributed by atoms with Crippen LogP contribution in [-0.4, -0.2) is 31.4 Å². The molecule has 162 valence electrons. The quantitative estimate of drug-likeness (QED) is 0.357. The third-order valence-corrected chi connectivity index (χ3v) is 7.01. The SMILES string of the molecule is Cc1nc(-c2cccc(NC(=O)CSc3nnc(C4CC4)n3Cc3ccccc3)c2)cs1. The minimum absolute atomic E-state index is 0.0659. The number of hydrogen-bond donors (Lipinski definition) is 1. The molecule has 2 heterocycles. The minimum Gasteiger partial charge on any atom is -0.325 e. The number of hydrogen-bond acceptors (Lipinski definition) is 6. The molecule has 1 saturated carbocycles. The number of amides is 1. The Balaban J connectivity index is 1.26. The molecule has 0 spiro atoms.